The number of thioether (sulfide) groups is 1. The summed E-state index contributed by atoms with van der Waals surface area (Å²) in [5.41, 5.74) is 4.96. The van der Waals surface area contributed by atoms with Crippen LogP contribution in [0.5, 0.6) is 0 Å². The Balaban J connectivity index is 1.72. The summed E-state index contributed by atoms with van der Waals surface area (Å²) < 4.78 is 5.22. The third-order valence-corrected chi connectivity index (χ3v) is 5.77. The van der Waals surface area contributed by atoms with Crippen LogP contribution in [0.25, 0.3) is 0 Å². The van der Waals surface area contributed by atoms with E-state index in [4.69, 9.17) is 4.52 Å². The van der Waals surface area contributed by atoms with Crippen molar-refractivity contribution in [1.82, 2.24) is 15.0 Å². The third kappa shape index (κ3) is 4.62. The number of hydrogen-bond donors (Lipinski definition) is 0. The van der Waals surface area contributed by atoms with Gasteiger partial charge in [-0.1, -0.05) is 36.3 Å². The number of carbonyl (C=O) groups is 1. The summed E-state index contributed by atoms with van der Waals surface area (Å²) in [6, 6.07) is 12.0. The molecular formula is C22H25N3O2S. The van der Waals surface area contributed by atoms with E-state index in [1.54, 1.807) is 17.2 Å². The fourth-order valence-corrected chi connectivity index (χ4v) is 4.09. The molecule has 0 aliphatic rings. The van der Waals surface area contributed by atoms with Gasteiger partial charge in [0.1, 0.15) is 10.8 Å². The van der Waals surface area contributed by atoms with E-state index in [0.717, 1.165) is 34.0 Å². The van der Waals surface area contributed by atoms with E-state index in [-0.39, 0.29) is 5.91 Å². The second-order valence-electron chi connectivity index (χ2n) is 6.78. The molecule has 2 heterocycles. The van der Waals surface area contributed by atoms with Gasteiger partial charge in [-0.2, -0.15) is 0 Å². The van der Waals surface area contributed by atoms with Crippen LogP contribution in [0.3, 0.4) is 0 Å². The molecule has 1 amide bonds. The molecule has 0 aliphatic carbocycles. The second-order valence-corrected chi connectivity index (χ2v) is 7.74. The van der Waals surface area contributed by atoms with Gasteiger partial charge in [0.15, 0.2) is 0 Å². The molecule has 0 saturated carbocycles. The van der Waals surface area contributed by atoms with Crippen LogP contribution in [-0.4, -0.2) is 28.0 Å². The predicted octanol–water partition coefficient (Wildman–Crippen LogP) is 4.81. The Labute approximate surface area is 170 Å². The first-order chi connectivity index (χ1) is 13.5. The molecule has 0 aliphatic heterocycles. The number of nitrogens with zero attached hydrogens (tertiary/aromatic N) is 3. The lowest BCUT2D eigenvalue weighted by molar-refractivity contribution is 0.0781. The molecule has 146 valence electrons. The first-order valence-electron chi connectivity index (χ1n) is 9.32. The van der Waals surface area contributed by atoms with Crippen LogP contribution in [0.4, 0.5) is 0 Å². The van der Waals surface area contributed by atoms with Crippen LogP contribution in [-0.2, 0) is 18.7 Å². The Morgan fingerprint density at radius 3 is 2.50 bits per heavy atom. The Hall–Kier alpha value is -2.60. The van der Waals surface area contributed by atoms with Crippen molar-refractivity contribution in [3.63, 3.8) is 0 Å². The summed E-state index contributed by atoms with van der Waals surface area (Å²) in [5.74, 6) is 1.44. The fraction of sp³-hybridized carbons (Fsp3) is 0.318. The minimum Gasteiger partial charge on any atom is -0.361 e. The molecule has 1 aromatic carbocycles. The smallest absolute Gasteiger partial charge is 0.256 e. The van der Waals surface area contributed by atoms with Gasteiger partial charge in [-0.15, -0.1) is 11.8 Å². The fourth-order valence-electron chi connectivity index (χ4n) is 2.95. The van der Waals surface area contributed by atoms with Crippen molar-refractivity contribution in [2.45, 2.75) is 44.5 Å². The number of carbonyl (C=O) groups excluding carboxylic acids is 1. The predicted molar refractivity (Wildman–Crippen MR) is 111 cm³/mol. The molecule has 6 heteroatoms. The number of benzene rings is 1. The molecular weight excluding hydrogens is 370 g/mol. The van der Waals surface area contributed by atoms with Gasteiger partial charge in [-0.3, -0.25) is 4.79 Å². The highest BCUT2D eigenvalue weighted by Crippen LogP contribution is 2.28. The summed E-state index contributed by atoms with van der Waals surface area (Å²) in [6.45, 7) is 6.52. The van der Waals surface area contributed by atoms with E-state index in [2.05, 4.69) is 41.3 Å². The maximum absolute atomic E-state index is 13.0. The normalized spacial score (nSPS) is 10.9. The van der Waals surface area contributed by atoms with Gasteiger partial charge < -0.3 is 9.42 Å². The molecule has 0 bridgehead atoms. The first kappa shape index (κ1) is 20.1. The van der Waals surface area contributed by atoms with Gasteiger partial charge in [0.25, 0.3) is 5.91 Å². The number of pyridine rings is 1. The molecule has 3 rings (SSSR count). The summed E-state index contributed by atoms with van der Waals surface area (Å²) in [5, 5.41) is 4.71. The minimum absolute atomic E-state index is 0.0334. The van der Waals surface area contributed by atoms with E-state index >= 15 is 0 Å². The number of rotatable bonds is 7. The highest BCUT2D eigenvalue weighted by molar-refractivity contribution is 7.98. The van der Waals surface area contributed by atoms with Crippen molar-refractivity contribution in [3.05, 3.63) is 76.3 Å². The summed E-state index contributed by atoms with van der Waals surface area (Å²) in [4.78, 5) is 19.2. The van der Waals surface area contributed by atoms with Crippen molar-refractivity contribution in [2.75, 3.05) is 7.05 Å². The van der Waals surface area contributed by atoms with E-state index < -0.39 is 0 Å². The Kier molecular flexibility index (Phi) is 6.52. The molecule has 0 radical (unpaired) electrons. The highest BCUT2D eigenvalue weighted by Gasteiger charge is 2.18. The van der Waals surface area contributed by atoms with Crippen LogP contribution >= 0.6 is 11.8 Å². The number of amides is 1. The molecule has 28 heavy (non-hydrogen) atoms. The molecule has 0 fully saturated rings. The molecule has 0 spiro atoms. The number of aromatic nitrogens is 2. The van der Waals surface area contributed by atoms with Crippen LogP contribution in [0.2, 0.25) is 0 Å². The van der Waals surface area contributed by atoms with E-state index in [9.17, 15) is 4.79 Å². The molecule has 5 nitrogen and oxygen atoms in total. The van der Waals surface area contributed by atoms with E-state index in [1.807, 2.05) is 27.0 Å². The van der Waals surface area contributed by atoms with Gasteiger partial charge in [-0.05, 0) is 43.5 Å². The standard InChI is InChI=1S/C22H25N3O2S/c1-5-17-8-10-18(11-9-17)13-25(4)22(26)19-7-6-12-23-21(19)28-14-20-15(2)24-27-16(20)3/h6-12H,5,13-14H2,1-4H3. The van der Waals surface area contributed by atoms with Crippen molar-refractivity contribution in [1.29, 1.82) is 0 Å². The SMILES string of the molecule is CCc1ccc(CN(C)C(=O)c2cccnc2SCc2c(C)noc2C)cc1. The number of aryl methyl sites for hydroxylation is 3. The summed E-state index contributed by atoms with van der Waals surface area (Å²) in [6.07, 6.45) is 2.73. The van der Waals surface area contributed by atoms with E-state index in [1.165, 1.54) is 17.3 Å². The molecule has 0 unspecified atom stereocenters. The maximum atomic E-state index is 13.0. The maximum Gasteiger partial charge on any atom is 0.256 e. The van der Waals surface area contributed by atoms with Crippen LogP contribution in [0, 0.1) is 13.8 Å². The average Bonchev–Trinajstić information content (AvgIpc) is 3.04. The third-order valence-electron chi connectivity index (χ3n) is 4.73. The van der Waals surface area contributed by atoms with Gasteiger partial charge >= 0.3 is 0 Å². The lowest BCUT2D eigenvalue weighted by Gasteiger charge is -2.19. The monoisotopic (exact) mass is 395 g/mol. The Morgan fingerprint density at radius 1 is 1.14 bits per heavy atom. The van der Waals surface area contributed by atoms with Crippen molar-refractivity contribution < 1.29 is 9.32 Å². The van der Waals surface area contributed by atoms with Gasteiger partial charge in [0.05, 0.1) is 11.3 Å². The van der Waals surface area contributed by atoms with Crippen molar-refractivity contribution >= 4 is 17.7 Å². The molecule has 0 atom stereocenters. The van der Waals surface area contributed by atoms with Crippen molar-refractivity contribution in [3.8, 4) is 0 Å². The van der Waals surface area contributed by atoms with Crippen LogP contribution < -0.4 is 0 Å². The average molecular weight is 396 g/mol. The van der Waals surface area contributed by atoms with Crippen LogP contribution in [0.1, 0.15) is 45.4 Å². The van der Waals surface area contributed by atoms with Crippen molar-refractivity contribution in [2.24, 2.45) is 0 Å². The van der Waals surface area contributed by atoms with Crippen LogP contribution in [0.15, 0.2) is 52.1 Å². The summed E-state index contributed by atoms with van der Waals surface area (Å²) >= 11 is 1.53. The minimum atomic E-state index is -0.0334. The zero-order chi connectivity index (χ0) is 20.1. The molecule has 2 aromatic heterocycles. The molecule has 0 N–H and O–H groups in total. The molecule has 3 aromatic rings. The van der Waals surface area contributed by atoms with Gasteiger partial charge in [0.2, 0.25) is 0 Å². The van der Waals surface area contributed by atoms with Gasteiger partial charge in [-0.25, -0.2) is 4.98 Å². The zero-order valence-corrected chi connectivity index (χ0v) is 17.5. The Morgan fingerprint density at radius 2 is 1.86 bits per heavy atom. The summed E-state index contributed by atoms with van der Waals surface area (Å²) in [7, 11) is 1.83. The zero-order valence-electron chi connectivity index (χ0n) is 16.7. The Bertz CT molecular complexity index is 931. The quantitative estimate of drug-likeness (QED) is 0.537. The van der Waals surface area contributed by atoms with Gasteiger partial charge in [0, 0.05) is 31.1 Å². The first-order valence-corrected chi connectivity index (χ1v) is 10.3. The topological polar surface area (TPSA) is 59.2 Å². The number of hydrogen-bond acceptors (Lipinski definition) is 5. The second kappa shape index (κ2) is 9.06. The largest absolute Gasteiger partial charge is 0.361 e. The highest BCUT2D eigenvalue weighted by atomic mass is 32.2. The molecule has 0 saturated heterocycles. The van der Waals surface area contributed by atoms with E-state index in [0.29, 0.717) is 17.9 Å². The lowest BCUT2D eigenvalue weighted by Crippen LogP contribution is -2.26. The lowest BCUT2D eigenvalue weighted by atomic mass is 10.1.